The number of thiocarbonyl (C=S) groups is 1. The predicted molar refractivity (Wildman–Crippen MR) is 73.3 cm³/mol. The molecule has 0 radical (unpaired) electrons. The van der Waals surface area contributed by atoms with E-state index in [1.807, 2.05) is 13.0 Å². The van der Waals surface area contributed by atoms with Crippen LogP contribution in [0, 0.1) is 12.3 Å². The van der Waals surface area contributed by atoms with Crippen LogP contribution in [0.1, 0.15) is 18.4 Å². The molecule has 3 N–H and O–H groups in total. The van der Waals surface area contributed by atoms with E-state index in [-0.39, 0.29) is 10.9 Å². The maximum atomic E-state index is 12.1. The maximum Gasteiger partial charge on any atom is 0.237 e. The number of amides is 1. The Hall–Kier alpha value is -1.13. The van der Waals surface area contributed by atoms with E-state index >= 15 is 0 Å². The number of aryl methyl sites for hydroxylation is 1. The number of anilines is 1. The Morgan fingerprint density at radius 3 is 2.71 bits per heavy atom. The van der Waals surface area contributed by atoms with Gasteiger partial charge in [-0.15, -0.1) is 0 Å². The number of hydrogen-bond donors (Lipinski definition) is 2. The van der Waals surface area contributed by atoms with Crippen LogP contribution in [-0.4, -0.2) is 10.9 Å². The quantitative estimate of drug-likeness (QED) is 0.829. The normalized spacial score (nSPS) is 16.4. The molecule has 2 rings (SSSR count). The van der Waals surface area contributed by atoms with Gasteiger partial charge in [0.25, 0.3) is 0 Å². The molecule has 0 heterocycles. The van der Waals surface area contributed by atoms with Crippen LogP contribution in [0.5, 0.6) is 0 Å². The monoisotopic (exact) mass is 268 g/mol. The van der Waals surface area contributed by atoms with E-state index in [0.29, 0.717) is 10.7 Å². The Bertz CT molecular complexity index is 497. The first-order valence-electron chi connectivity index (χ1n) is 5.33. The molecule has 0 spiro atoms. The van der Waals surface area contributed by atoms with Crippen molar-refractivity contribution < 1.29 is 4.79 Å². The summed E-state index contributed by atoms with van der Waals surface area (Å²) in [4.78, 5) is 12.4. The van der Waals surface area contributed by atoms with Crippen LogP contribution in [-0.2, 0) is 4.79 Å². The zero-order valence-electron chi connectivity index (χ0n) is 9.42. The van der Waals surface area contributed by atoms with Crippen molar-refractivity contribution in [3.05, 3.63) is 28.8 Å². The summed E-state index contributed by atoms with van der Waals surface area (Å²) in [6.45, 7) is 1.91. The fourth-order valence-electron chi connectivity index (χ4n) is 1.68. The molecule has 1 aliphatic carbocycles. The number of nitrogens with one attached hydrogen (secondary N) is 1. The lowest BCUT2D eigenvalue weighted by atomic mass is 10.1. The first-order chi connectivity index (χ1) is 7.95. The smallest absolute Gasteiger partial charge is 0.237 e. The van der Waals surface area contributed by atoms with Crippen molar-refractivity contribution in [2.45, 2.75) is 19.8 Å². The lowest BCUT2D eigenvalue weighted by Gasteiger charge is -2.15. The Balaban J connectivity index is 2.19. The van der Waals surface area contributed by atoms with Crippen LogP contribution in [0.15, 0.2) is 18.2 Å². The van der Waals surface area contributed by atoms with Crippen molar-refractivity contribution in [3.8, 4) is 0 Å². The third kappa shape index (κ3) is 2.28. The van der Waals surface area contributed by atoms with Crippen LogP contribution in [0.2, 0.25) is 5.02 Å². The largest absolute Gasteiger partial charge is 0.392 e. The second kappa shape index (κ2) is 4.27. The SMILES string of the molecule is Cc1ccc(Cl)cc1NC(=O)C1(C(N)=S)CC1. The zero-order valence-corrected chi connectivity index (χ0v) is 11.0. The standard InChI is InChI=1S/C12H13ClN2OS/c1-7-2-3-8(13)6-9(7)15-11(16)12(4-5-12)10(14)17/h2-3,6H,4-5H2,1H3,(H2,14,17)(H,15,16). The zero-order chi connectivity index (χ0) is 12.6. The van der Waals surface area contributed by atoms with Gasteiger partial charge in [-0.2, -0.15) is 0 Å². The van der Waals surface area contributed by atoms with Crippen LogP contribution in [0.3, 0.4) is 0 Å². The first kappa shape index (κ1) is 12.3. The molecular formula is C12H13ClN2OS. The average Bonchev–Trinajstić information content (AvgIpc) is 3.04. The van der Waals surface area contributed by atoms with Gasteiger partial charge in [0.05, 0.1) is 10.4 Å². The number of nitrogens with two attached hydrogens (primary N) is 1. The molecular weight excluding hydrogens is 256 g/mol. The fourth-order valence-corrected chi connectivity index (χ4v) is 2.15. The second-order valence-electron chi connectivity index (χ2n) is 4.36. The molecule has 0 saturated heterocycles. The van der Waals surface area contributed by atoms with Gasteiger partial charge in [0.1, 0.15) is 0 Å². The van der Waals surface area contributed by atoms with E-state index in [1.165, 1.54) is 0 Å². The molecule has 0 atom stereocenters. The van der Waals surface area contributed by atoms with E-state index in [4.69, 9.17) is 29.6 Å². The minimum absolute atomic E-state index is 0.129. The molecule has 1 aromatic rings. The lowest BCUT2D eigenvalue weighted by molar-refractivity contribution is -0.118. The number of carbonyl (C=O) groups is 1. The number of halogens is 1. The van der Waals surface area contributed by atoms with Crippen molar-refractivity contribution >= 4 is 40.4 Å². The minimum atomic E-state index is -0.635. The van der Waals surface area contributed by atoms with Gasteiger partial charge in [0.15, 0.2) is 0 Å². The van der Waals surface area contributed by atoms with Crippen molar-refractivity contribution in [2.24, 2.45) is 11.1 Å². The summed E-state index contributed by atoms with van der Waals surface area (Å²) in [5.41, 5.74) is 6.64. The summed E-state index contributed by atoms with van der Waals surface area (Å²) >= 11 is 10.8. The molecule has 0 aromatic heterocycles. The third-order valence-electron chi connectivity index (χ3n) is 3.10. The summed E-state index contributed by atoms with van der Waals surface area (Å²) < 4.78 is 0. The van der Waals surface area contributed by atoms with E-state index in [2.05, 4.69) is 5.32 Å². The molecule has 1 aliphatic rings. The molecule has 1 aromatic carbocycles. The Morgan fingerprint density at radius 1 is 1.53 bits per heavy atom. The van der Waals surface area contributed by atoms with Crippen molar-refractivity contribution in [2.75, 3.05) is 5.32 Å². The second-order valence-corrected chi connectivity index (χ2v) is 5.24. The van der Waals surface area contributed by atoms with Crippen LogP contribution in [0.4, 0.5) is 5.69 Å². The topological polar surface area (TPSA) is 55.1 Å². The van der Waals surface area contributed by atoms with Crippen molar-refractivity contribution in [1.82, 2.24) is 0 Å². The molecule has 5 heteroatoms. The van der Waals surface area contributed by atoms with Gasteiger partial charge in [-0.1, -0.05) is 29.9 Å². The third-order valence-corrected chi connectivity index (χ3v) is 3.73. The lowest BCUT2D eigenvalue weighted by Crippen LogP contribution is -2.35. The Morgan fingerprint density at radius 2 is 2.18 bits per heavy atom. The predicted octanol–water partition coefficient (Wildman–Crippen LogP) is 2.65. The van der Waals surface area contributed by atoms with E-state index in [0.717, 1.165) is 18.4 Å². The average molecular weight is 269 g/mol. The molecule has 3 nitrogen and oxygen atoms in total. The molecule has 1 amide bonds. The van der Waals surface area contributed by atoms with Crippen molar-refractivity contribution in [1.29, 1.82) is 0 Å². The van der Waals surface area contributed by atoms with Gasteiger partial charge in [-0.25, -0.2) is 0 Å². The summed E-state index contributed by atoms with van der Waals surface area (Å²) in [6.07, 6.45) is 1.46. The Labute approximate surface area is 110 Å². The van der Waals surface area contributed by atoms with Gasteiger partial charge in [-0.05, 0) is 37.5 Å². The highest BCUT2D eigenvalue weighted by atomic mass is 35.5. The molecule has 1 fully saturated rings. The molecule has 1 saturated carbocycles. The summed E-state index contributed by atoms with van der Waals surface area (Å²) in [5, 5.41) is 3.43. The summed E-state index contributed by atoms with van der Waals surface area (Å²) in [6, 6.07) is 5.37. The highest BCUT2D eigenvalue weighted by Gasteiger charge is 2.52. The number of hydrogen-bond acceptors (Lipinski definition) is 2. The molecule has 0 bridgehead atoms. The number of benzene rings is 1. The van der Waals surface area contributed by atoms with Gasteiger partial charge in [-0.3, -0.25) is 4.79 Å². The van der Waals surface area contributed by atoms with Gasteiger partial charge in [0, 0.05) is 10.7 Å². The molecule has 0 aliphatic heterocycles. The van der Waals surface area contributed by atoms with E-state index in [1.54, 1.807) is 12.1 Å². The van der Waals surface area contributed by atoms with Crippen molar-refractivity contribution in [3.63, 3.8) is 0 Å². The summed E-state index contributed by atoms with van der Waals surface area (Å²) in [7, 11) is 0. The number of rotatable bonds is 3. The highest BCUT2D eigenvalue weighted by Crippen LogP contribution is 2.47. The maximum absolute atomic E-state index is 12.1. The van der Waals surface area contributed by atoms with Crippen LogP contribution >= 0.6 is 23.8 Å². The van der Waals surface area contributed by atoms with Crippen LogP contribution < -0.4 is 11.1 Å². The molecule has 0 unspecified atom stereocenters. The Kier molecular flexibility index (Phi) is 3.10. The van der Waals surface area contributed by atoms with Crippen LogP contribution in [0.25, 0.3) is 0 Å². The van der Waals surface area contributed by atoms with E-state index in [9.17, 15) is 4.79 Å². The summed E-state index contributed by atoms with van der Waals surface area (Å²) in [5.74, 6) is -0.129. The van der Waals surface area contributed by atoms with Gasteiger partial charge >= 0.3 is 0 Å². The van der Waals surface area contributed by atoms with E-state index < -0.39 is 5.41 Å². The van der Waals surface area contributed by atoms with Gasteiger partial charge in [0.2, 0.25) is 5.91 Å². The van der Waals surface area contributed by atoms with Gasteiger partial charge < -0.3 is 11.1 Å². The highest BCUT2D eigenvalue weighted by molar-refractivity contribution is 7.80. The minimum Gasteiger partial charge on any atom is -0.392 e. The number of carbonyl (C=O) groups excluding carboxylic acids is 1. The fraction of sp³-hybridized carbons (Fsp3) is 0.333. The molecule has 90 valence electrons. The first-order valence-corrected chi connectivity index (χ1v) is 6.12. The molecule has 17 heavy (non-hydrogen) atoms.